The van der Waals surface area contributed by atoms with Crippen LogP contribution in [0.3, 0.4) is 0 Å². The van der Waals surface area contributed by atoms with E-state index in [4.69, 9.17) is 0 Å². The Morgan fingerprint density at radius 3 is 2.65 bits per heavy atom. The number of likely N-dealkylation sites (tertiary alicyclic amines) is 1. The highest BCUT2D eigenvalue weighted by Gasteiger charge is 2.23. The smallest absolute Gasteiger partial charge is 0.254 e. The summed E-state index contributed by atoms with van der Waals surface area (Å²) in [7, 11) is 0. The average Bonchev–Trinajstić information content (AvgIpc) is 2.29. The van der Waals surface area contributed by atoms with Gasteiger partial charge in [-0.3, -0.25) is 4.79 Å². The fraction of sp³-hybridized carbons (Fsp3) is 0.462. The molecule has 0 unspecified atom stereocenters. The van der Waals surface area contributed by atoms with Gasteiger partial charge in [-0.15, -0.1) is 0 Å². The second-order valence-corrected chi connectivity index (χ2v) is 5.40. The Morgan fingerprint density at radius 1 is 1.41 bits per heavy atom. The molecule has 1 heterocycles. The minimum atomic E-state index is -0.245. The summed E-state index contributed by atoms with van der Waals surface area (Å²) < 4.78 is 0.987. The fourth-order valence-corrected chi connectivity index (χ4v) is 2.58. The van der Waals surface area contributed by atoms with Crippen molar-refractivity contribution in [3.8, 4) is 0 Å². The van der Waals surface area contributed by atoms with Gasteiger partial charge in [0.2, 0.25) is 0 Å². The molecule has 3 nitrogen and oxygen atoms in total. The van der Waals surface area contributed by atoms with Gasteiger partial charge in [0.05, 0.1) is 6.10 Å². The lowest BCUT2D eigenvalue weighted by atomic mass is 10.0. The van der Waals surface area contributed by atoms with Gasteiger partial charge in [-0.2, -0.15) is 0 Å². The van der Waals surface area contributed by atoms with Crippen LogP contribution in [-0.2, 0) is 0 Å². The summed E-state index contributed by atoms with van der Waals surface area (Å²) in [4.78, 5) is 14.1. The molecule has 1 amide bonds. The number of halogens is 1. The first-order chi connectivity index (χ1) is 8.08. The van der Waals surface area contributed by atoms with Crippen LogP contribution in [0, 0.1) is 6.92 Å². The second-order valence-electron chi connectivity index (χ2n) is 4.48. The van der Waals surface area contributed by atoms with Crippen LogP contribution in [0.4, 0.5) is 0 Å². The maximum absolute atomic E-state index is 12.3. The van der Waals surface area contributed by atoms with E-state index in [0.717, 1.165) is 15.6 Å². The lowest BCUT2D eigenvalue weighted by Crippen LogP contribution is -2.40. The number of hydrogen-bond donors (Lipinski definition) is 1. The largest absolute Gasteiger partial charge is 0.393 e. The Labute approximate surface area is 110 Å². The predicted molar refractivity (Wildman–Crippen MR) is 70.0 cm³/mol. The first-order valence-corrected chi connectivity index (χ1v) is 6.60. The van der Waals surface area contributed by atoms with E-state index in [1.807, 2.05) is 30.0 Å². The van der Waals surface area contributed by atoms with E-state index in [2.05, 4.69) is 15.9 Å². The van der Waals surface area contributed by atoms with Crippen molar-refractivity contribution in [2.45, 2.75) is 25.9 Å². The standard InChI is InChI=1S/C13H16BrNO2/c1-9-8-10(14)2-3-12(9)13(17)15-6-4-11(16)5-7-15/h2-3,8,11,16H,4-7H2,1H3. The zero-order chi connectivity index (χ0) is 12.4. The summed E-state index contributed by atoms with van der Waals surface area (Å²) in [5, 5.41) is 9.43. The Morgan fingerprint density at radius 2 is 2.06 bits per heavy atom. The van der Waals surface area contributed by atoms with Crippen molar-refractivity contribution in [3.63, 3.8) is 0 Å². The van der Waals surface area contributed by atoms with Crippen LogP contribution in [0.1, 0.15) is 28.8 Å². The Balaban J connectivity index is 2.14. The molecule has 1 aliphatic heterocycles. The number of hydrogen-bond acceptors (Lipinski definition) is 2. The molecule has 1 N–H and O–H groups in total. The summed E-state index contributed by atoms with van der Waals surface area (Å²) in [6.07, 6.45) is 1.12. The molecule has 0 aromatic heterocycles. The van der Waals surface area contributed by atoms with E-state index in [9.17, 15) is 9.90 Å². The molecule has 2 rings (SSSR count). The maximum atomic E-state index is 12.3. The van der Waals surface area contributed by atoms with E-state index in [0.29, 0.717) is 25.9 Å². The van der Waals surface area contributed by atoms with Crippen molar-refractivity contribution in [2.75, 3.05) is 13.1 Å². The number of nitrogens with zero attached hydrogens (tertiary/aromatic N) is 1. The maximum Gasteiger partial charge on any atom is 0.254 e. The number of aliphatic hydroxyl groups is 1. The highest BCUT2D eigenvalue weighted by atomic mass is 79.9. The van der Waals surface area contributed by atoms with E-state index >= 15 is 0 Å². The minimum Gasteiger partial charge on any atom is -0.393 e. The molecule has 0 spiro atoms. The van der Waals surface area contributed by atoms with Gasteiger partial charge in [0, 0.05) is 23.1 Å². The monoisotopic (exact) mass is 297 g/mol. The molecule has 4 heteroatoms. The molecule has 1 saturated heterocycles. The summed E-state index contributed by atoms with van der Waals surface area (Å²) >= 11 is 3.39. The van der Waals surface area contributed by atoms with Gasteiger partial charge in [0.25, 0.3) is 5.91 Å². The predicted octanol–water partition coefficient (Wildman–Crippen LogP) is 2.35. The quantitative estimate of drug-likeness (QED) is 0.864. The molecule has 1 aromatic carbocycles. The lowest BCUT2D eigenvalue weighted by molar-refractivity contribution is 0.0546. The number of benzene rings is 1. The summed E-state index contributed by atoms with van der Waals surface area (Å²) in [5.74, 6) is 0.0712. The van der Waals surface area contributed by atoms with Crippen LogP contribution in [0.25, 0.3) is 0 Å². The normalized spacial score (nSPS) is 17.2. The first kappa shape index (κ1) is 12.6. The van der Waals surface area contributed by atoms with Crippen molar-refractivity contribution in [1.82, 2.24) is 4.90 Å². The Kier molecular flexibility index (Phi) is 3.84. The van der Waals surface area contributed by atoms with Gasteiger partial charge in [0.1, 0.15) is 0 Å². The Bertz CT molecular complexity index is 425. The number of carbonyl (C=O) groups is 1. The van der Waals surface area contributed by atoms with Crippen LogP contribution >= 0.6 is 15.9 Å². The van der Waals surface area contributed by atoms with E-state index in [1.165, 1.54) is 0 Å². The summed E-state index contributed by atoms with van der Waals surface area (Å²) in [6.45, 7) is 3.24. The average molecular weight is 298 g/mol. The molecule has 92 valence electrons. The topological polar surface area (TPSA) is 40.5 Å². The van der Waals surface area contributed by atoms with Crippen molar-refractivity contribution < 1.29 is 9.90 Å². The van der Waals surface area contributed by atoms with Crippen molar-refractivity contribution in [1.29, 1.82) is 0 Å². The number of aryl methyl sites for hydroxylation is 1. The van der Waals surface area contributed by atoms with Gasteiger partial charge in [-0.1, -0.05) is 15.9 Å². The van der Waals surface area contributed by atoms with Gasteiger partial charge in [-0.25, -0.2) is 0 Å². The highest BCUT2D eigenvalue weighted by Crippen LogP contribution is 2.19. The van der Waals surface area contributed by atoms with Crippen LogP contribution in [-0.4, -0.2) is 35.1 Å². The number of rotatable bonds is 1. The molecule has 0 bridgehead atoms. The van der Waals surface area contributed by atoms with E-state index in [-0.39, 0.29) is 12.0 Å². The lowest BCUT2D eigenvalue weighted by Gasteiger charge is -2.30. The molecule has 0 atom stereocenters. The van der Waals surface area contributed by atoms with Gasteiger partial charge in [-0.05, 0) is 43.5 Å². The SMILES string of the molecule is Cc1cc(Br)ccc1C(=O)N1CCC(O)CC1. The zero-order valence-corrected chi connectivity index (χ0v) is 11.4. The summed E-state index contributed by atoms with van der Waals surface area (Å²) in [5.41, 5.74) is 1.74. The Hall–Kier alpha value is -0.870. The van der Waals surface area contributed by atoms with Crippen LogP contribution in [0.15, 0.2) is 22.7 Å². The van der Waals surface area contributed by atoms with Crippen molar-refractivity contribution >= 4 is 21.8 Å². The third kappa shape index (κ3) is 2.87. The number of aliphatic hydroxyl groups excluding tert-OH is 1. The molecule has 1 fully saturated rings. The molecule has 0 radical (unpaired) electrons. The van der Waals surface area contributed by atoms with Gasteiger partial charge in [0.15, 0.2) is 0 Å². The van der Waals surface area contributed by atoms with Gasteiger partial charge < -0.3 is 10.0 Å². The molecular weight excluding hydrogens is 282 g/mol. The number of carbonyl (C=O) groups excluding carboxylic acids is 1. The second kappa shape index (κ2) is 5.19. The molecule has 17 heavy (non-hydrogen) atoms. The van der Waals surface area contributed by atoms with Crippen LogP contribution in [0.5, 0.6) is 0 Å². The number of piperidine rings is 1. The van der Waals surface area contributed by atoms with E-state index in [1.54, 1.807) is 0 Å². The van der Waals surface area contributed by atoms with Gasteiger partial charge >= 0.3 is 0 Å². The van der Waals surface area contributed by atoms with Crippen molar-refractivity contribution in [3.05, 3.63) is 33.8 Å². The molecule has 1 aromatic rings. The molecule has 1 aliphatic rings. The molecule has 0 saturated carbocycles. The third-order valence-electron chi connectivity index (χ3n) is 3.17. The summed E-state index contributed by atoms with van der Waals surface area (Å²) in [6, 6.07) is 5.69. The number of amides is 1. The van der Waals surface area contributed by atoms with E-state index < -0.39 is 0 Å². The third-order valence-corrected chi connectivity index (χ3v) is 3.66. The minimum absolute atomic E-state index is 0.0712. The molecule has 0 aliphatic carbocycles. The zero-order valence-electron chi connectivity index (χ0n) is 9.82. The first-order valence-electron chi connectivity index (χ1n) is 5.81. The highest BCUT2D eigenvalue weighted by molar-refractivity contribution is 9.10. The van der Waals surface area contributed by atoms with Crippen LogP contribution < -0.4 is 0 Å². The fourth-order valence-electron chi connectivity index (χ4n) is 2.11. The van der Waals surface area contributed by atoms with Crippen LogP contribution in [0.2, 0.25) is 0 Å². The van der Waals surface area contributed by atoms with Crippen molar-refractivity contribution in [2.24, 2.45) is 0 Å². The molecular formula is C13H16BrNO2.